The molecule has 0 saturated carbocycles. The van der Waals surface area contributed by atoms with Crippen molar-refractivity contribution in [3.63, 3.8) is 0 Å². The molecule has 0 fully saturated rings. The van der Waals surface area contributed by atoms with Crippen molar-refractivity contribution in [3.8, 4) is 5.75 Å². The zero-order valence-corrected chi connectivity index (χ0v) is 16.4. The molecule has 0 aliphatic heterocycles. The zero-order chi connectivity index (χ0) is 20.0. The smallest absolute Gasteiger partial charge is 0.336 e. The van der Waals surface area contributed by atoms with Crippen molar-refractivity contribution in [1.82, 2.24) is 5.32 Å². The summed E-state index contributed by atoms with van der Waals surface area (Å²) in [6.07, 6.45) is 2.87. The minimum Gasteiger partial charge on any atom is -0.483 e. The van der Waals surface area contributed by atoms with E-state index in [1.54, 1.807) is 6.07 Å². The number of amides is 1. The van der Waals surface area contributed by atoms with Gasteiger partial charge in [-0.3, -0.25) is 4.79 Å². The number of carboxylic acid groups (broad SMARTS) is 1. The molecule has 0 saturated heterocycles. The molecule has 146 valence electrons. The highest BCUT2D eigenvalue weighted by Crippen LogP contribution is 2.27. The molecule has 0 radical (unpaired) electrons. The van der Waals surface area contributed by atoms with Crippen LogP contribution in [0.2, 0.25) is 0 Å². The number of ether oxygens (including phenoxy) is 1. The lowest BCUT2D eigenvalue weighted by molar-refractivity contribution is -0.142. The van der Waals surface area contributed by atoms with E-state index in [0.29, 0.717) is 29.9 Å². The predicted molar refractivity (Wildman–Crippen MR) is 105 cm³/mol. The first-order chi connectivity index (χ1) is 12.8. The quantitative estimate of drug-likeness (QED) is 0.630. The molecule has 7 nitrogen and oxygen atoms in total. The lowest BCUT2D eigenvalue weighted by Gasteiger charge is -2.15. The molecule has 2 N–H and O–H groups in total. The van der Waals surface area contributed by atoms with Gasteiger partial charge < -0.3 is 19.6 Å². The first-order valence-electron chi connectivity index (χ1n) is 8.57. The molecular weight excluding hydrogens is 370 g/mol. The van der Waals surface area contributed by atoms with Gasteiger partial charge in [0.2, 0.25) is 0 Å². The Labute approximate surface area is 161 Å². The summed E-state index contributed by atoms with van der Waals surface area (Å²) in [7, 11) is 0. The fourth-order valence-electron chi connectivity index (χ4n) is 2.67. The van der Waals surface area contributed by atoms with E-state index >= 15 is 0 Å². The number of carboxylic acids is 1. The Kier molecular flexibility index (Phi) is 7.29. The molecule has 1 amide bonds. The highest BCUT2D eigenvalue weighted by Gasteiger charge is 2.20. The Morgan fingerprint density at radius 1 is 1.33 bits per heavy atom. The van der Waals surface area contributed by atoms with Crippen LogP contribution in [0.4, 0.5) is 0 Å². The van der Waals surface area contributed by atoms with Gasteiger partial charge in [0.1, 0.15) is 17.4 Å². The number of thioether (sulfide) groups is 1. The molecule has 0 aliphatic carbocycles. The third-order valence-electron chi connectivity index (χ3n) is 4.12. The largest absolute Gasteiger partial charge is 0.483 e. The summed E-state index contributed by atoms with van der Waals surface area (Å²) in [5, 5.41) is 12.5. The molecule has 0 aliphatic rings. The van der Waals surface area contributed by atoms with Crippen molar-refractivity contribution in [1.29, 1.82) is 0 Å². The van der Waals surface area contributed by atoms with Gasteiger partial charge in [0, 0.05) is 17.5 Å². The highest BCUT2D eigenvalue weighted by molar-refractivity contribution is 7.98. The summed E-state index contributed by atoms with van der Waals surface area (Å²) in [6, 6.07) is 3.95. The summed E-state index contributed by atoms with van der Waals surface area (Å²) in [5.74, 6) is -0.530. The van der Waals surface area contributed by atoms with Crippen molar-refractivity contribution in [2.24, 2.45) is 0 Å². The van der Waals surface area contributed by atoms with Gasteiger partial charge in [-0.15, -0.1) is 0 Å². The molecule has 0 spiro atoms. The number of aryl methyl sites for hydroxylation is 2. The van der Waals surface area contributed by atoms with E-state index in [1.165, 1.54) is 17.8 Å². The van der Waals surface area contributed by atoms with Gasteiger partial charge in [0.15, 0.2) is 6.61 Å². The Balaban J connectivity index is 2.14. The maximum atomic E-state index is 12.1. The number of carbonyl (C=O) groups is 2. The monoisotopic (exact) mass is 393 g/mol. The van der Waals surface area contributed by atoms with Gasteiger partial charge in [-0.25, -0.2) is 9.59 Å². The van der Waals surface area contributed by atoms with Gasteiger partial charge in [-0.05, 0) is 49.0 Å². The van der Waals surface area contributed by atoms with E-state index in [9.17, 15) is 19.5 Å². The van der Waals surface area contributed by atoms with Crippen LogP contribution in [0, 0.1) is 6.92 Å². The molecule has 8 heteroatoms. The van der Waals surface area contributed by atoms with E-state index in [2.05, 4.69) is 5.32 Å². The fourth-order valence-corrected chi connectivity index (χ4v) is 3.15. The van der Waals surface area contributed by atoms with Crippen molar-refractivity contribution >= 4 is 34.6 Å². The van der Waals surface area contributed by atoms with Crippen LogP contribution in [0.1, 0.15) is 24.5 Å². The Hall–Kier alpha value is -2.48. The SMILES string of the molecule is CCc1cc2c(C)cc(=O)oc2cc1OCC(=O)N[C@H](CCSC)C(=O)O. The number of carbonyl (C=O) groups excluding carboxylic acids is 1. The van der Waals surface area contributed by atoms with Crippen LogP contribution in [0.15, 0.2) is 27.4 Å². The van der Waals surface area contributed by atoms with Crippen LogP contribution in [0.25, 0.3) is 11.0 Å². The molecule has 1 aromatic heterocycles. The average Bonchev–Trinajstić information content (AvgIpc) is 2.62. The normalized spacial score (nSPS) is 12.0. The number of rotatable bonds is 9. The average molecular weight is 393 g/mol. The van der Waals surface area contributed by atoms with Crippen molar-refractivity contribution in [3.05, 3.63) is 39.7 Å². The van der Waals surface area contributed by atoms with E-state index in [4.69, 9.17) is 9.15 Å². The first-order valence-corrected chi connectivity index (χ1v) is 9.96. The molecule has 1 aromatic carbocycles. The number of hydrogen-bond acceptors (Lipinski definition) is 6. The minimum atomic E-state index is -1.07. The summed E-state index contributed by atoms with van der Waals surface area (Å²) in [6.45, 7) is 3.45. The summed E-state index contributed by atoms with van der Waals surface area (Å²) in [4.78, 5) is 34.9. The summed E-state index contributed by atoms with van der Waals surface area (Å²) >= 11 is 1.51. The standard InChI is InChI=1S/C19H23NO6S/c1-4-12-8-13-11(2)7-18(22)26-16(13)9-15(12)25-10-17(21)20-14(19(23)24)5-6-27-3/h7-9,14H,4-6,10H2,1-3H3,(H,20,21)(H,23,24)/t14-/m1/s1. The Morgan fingerprint density at radius 2 is 2.07 bits per heavy atom. The molecule has 2 aromatic rings. The second kappa shape index (κ2) is 9.45. The van der Waals surface area contributed by atoms with Crippen LogP contribution >= 0.6 is 11.8 Å². The van der Waals surface area contributed by atoms with Crippen molar-refractivity contribution < 1.29 is 23.8 Å². The lowest BCUT2D eigenvalue weighted by atomic mass is 10.1. The third-order valence-corrected chi connectivity index (χ3v) is 4.76. The molecule has 27 heavy (non-hydrogen) atoms. The van der Waals surface area contributed by atoms with Gasteiger partial charge >= 0.3 is 11.6 Å². The molecule has 2 rings (SSSR count). The number of benzene rings is 1. The zero-order valence-electron chi connectivity index (χ0n) is 15.5. The summed E-state index contributed by atoms with van der Waals surface area (Å²) < 4.78 is 10.8. The van der Waals surface area contributed by atoms with Gasteiger partial charge in [-0.1, -0.05) is 6.92 Å². The van der Waals surface area contributed by atoms with Gasteiger partial charge in [0.05, 0.1) is 0 Å². The van der Waals surface area contributed by atoms with Gasteiger partial charge in [0.25, 0.3) is 5.91 Å². The van der Waals surface area contributed by atoms with Crippen LogP contribution in [-0.4, -0.2) is 41.6 Å². The van der Waals surface area contributed by atoms with E-state index in [1.807, 2.05) is 26.2 Å². The van der Waals surface area contributed by atoms with Crippen LogP contribution in [-0.2, 0) is 16.0 Å². The first kappa shape index (κ1) is 20.8. The second-order valence-electron chi connectivity index (χ2n) is 6.09. The third kappa shape index (κ3) is 5.50. The molecule has 0 bridgehead atoms. The summed E-state index contributed by atoms with van der Waals surface area (Å²) in [5.41, 5.74) is 1.60. The number of aliphatic carboxylic acids is 1. The van der Waals surface area contributed by atoms with E-state index in [0.717, 1.165) is 16.5 Å². The topological polar surface area (TPSA) is 106 Å². The fraction of sp³-hybridized carbons (Fsp3) is 0.421. The second-order valence-corrected chi connectivity index (χ2v) is 7.07. The maximum Gasteiger partial charge on any atom is 0.336 e. The number of nitrogens with one attached hydrogen (secondary N) is 1. The van der Waals surface area contributed by atoms with Gasteiger partial charge in [-0.2, -0.15) is 11.8 Å². The molecule has 1 atom stereocenters. The maximum absolute atomic E-state index is 12.1. The Bertz CT molecular complexity index is 892. The number of fused-ring (bicyclic) bond motifs is 1. The minimum absolute atomic E-state index is 0.322. The predicted octanol–water partition coefficient (Wildman–Crippen LogP) is 2.37. The molecular formula is C19H23NO6S. The van der Waals surface area contributed by atoms with Crippen LogP contribution in [0.5, 0.6) is 5.75 Å². The molecule has 0 unspecified atom stereocenters. The lowest BCUT2D eigenvalue weighted by Crippen LogP contribution is -2.43. The number of hydrogen-bond donors (Lipinski definition) is 2. The van der Waals surface area contributed by atoms with Crippen LogP contribution in [0.3, 0.4) is 0 Å². The highest BCUT2D eigenvalue weighted by atomic mass is 32.2. The van der Waals surface area contributed by atoms with Crippen LogP contribution < -0.4 is 15.7 Å². The van der Waals surface area contributed by atoms with E-state index in [-0.39, 0.29) is 6.61 Å². The van der Waals surface area contributed by atoms with Crippen molar-refractivity contribution in [2.45, 2.75) is 32.7 Å². The Morgan fingerprint density at radius 3 is 2.70 bits per heavy atom. The van der Waals surface area contributed by atoms with E-state index < -0.39 is 23.5 Å². The van der Waals surface area contributed by atoms with Crippen molar-refractivity contribution in [2.75, 3.05) is 18.6 Å². The molecule has 1 heterocycles.